The smallest absolute Gasteiger partial charge is 0.262 e. The number of aromatic nitrogens is 2. The Balaban J connectivity index is 1.97. The molecule has 0 saturated carbocycles. The van der Waals surface area contributed by atoms with E-state index in [1.165, 1.54) is 0 Å². The zero-order valence-electron chi connectivity index (χ0n) is 11.1. The molecule has 1 aromatic heterocycles. The van der Waals surface area contributed by atoms with Gasteiger partial charge in [0.1, 0.15) is 11.5 Å². The molecule has 0 atom stereocenters. The van der Waals surface area contributed by atoms with E-state index in [9.17, 15) is 5.11 Å². The van der Waals surface area contributed by atoms with E-state index in [4.69, 9.17) is 9.26 Å². The summed E-state index contributed by atoms with van der Waals surface area (Å²) in [6.07, 6.45) is 0. The molecule has 0 aliphatic carbocycles. The highest BCUT2D eigenvalue weighted by molar-refractivity contribution is 14.1. The van der Waals surface area contributed by atoms with Gasteiger partial charge in [-0.25, -0.2) is 0 Å². The summed E-state index contributed by atoms with van der Waals surface area (Å²) in [4.78, 5) is 4.33. The van der Waals surface area contributed by atoms with Crippen LogP contribution in [0.25, 0.3) is 22.8 Å². The van der Waals surface area contributed by atoms with Gasteiger partial charge in [0.15, 0.2) is 0 Å². The maximum absolute atomic E-state index is 9.89. The lowest BCUT2D eigenvalue weighted by atomic mass is 10.2. The molecule has 0 aliphatic rings. The fourth-order valence-electron chi connectivity index (χ4n) is 1.87. The first-order chi connectivity index (χ1) is 10.2. The first kappa shape index (κ1) is 13.9. The van der Waals surface area contributed by atoms with Gasteiger partial charge in [0.05, 0.1) is 12.7 Å². The number of halogens is 1. The summed E-state index contributed by atoms with van der Waals surface area (Å²) in [6, 6.07) is 12.6. The third-order valence-corrected chi connectivity index (χ3v) is 3.63. The van der Waals surface area contributed by atoms with E-state index in [1.807, 2.05) is 24.3 Å². The second-order valence-electron chi connectivity index (χ2n) is 4.31. The lowest BCUT2D eigenvalue weighted by molar-refractivity contribution is 0.414. The largest absolute Gasteiger partial charge is 0.507 e. The number of nitrogens with zero attached hydrogens (tertiary/aromatic N) is 2. The van der Waals surface area contributed by atoms with Crippen molar-refractivity contribution in [2.24, 2.45) is 0 Å². The molecule has 0 radical (unpaired) electrons. The van der Waals surface area contributed by atoms with Crippen molar-refractivity contribution in [1.29, 1.82) is 0 Å². The minimum absolute atomic E-state index is 0.111. The number of aromatic hydroxyl groups is 1. The van der Waals surface area contributed by atoms with Crippen LogP contribution in [-0.4, -0.2) is 22.4 Å². The molecule has 21 heavy (non-hydrogen) atoms. The first-order valence-corrected chi connectivity index (χ1v) is 7.22. The van der Waals surface area contributed by atoms with E-state index in [-0.39, 0.29) is 11.6 Å². The standard InChI is InChI=1S/C15H11IN2O3/c1-20-11-5-2-9(3-6-11)14-17-15(21-18-14)12-8-10(16)4-7-13(12)19/h2-8,19H,1H3. The molecule has 0 saturated heterocycles. The molecule has 5 nitrogen and oxygen atoms in total. The van der Waals surface area contributed by atoms with Crippen LogP contribution in [0.1, 0.15) is 0 Å². The van der Waals surface area contributed by atoms with Gasteiger partial charge in [0, 0.05) is 9.13 Å². The molecule has 1 heterocycles. The maximum atomic E-state index is 9.89. The number of ether oxygens (including phenoxy) is 1. The van der Waals surface area contributed by atoms with E-state index >= 15 is 0 Å². The summed E-state index contributed by atoms with van der Waals surface area (Å²) in [6.45, 7) is 0. The second kappa shape index (κ2) is 5.72. The van der Waals surface area contributed by atoms with Crippen LogP contribution in [0.15, 0.2) is 47.0 Å². The van der Waals surface area contributed by atoms with Crippen LogP contribution in [0.4, 0.5) is 0 Å². The van der Waals surface area contributed by atoms with Gasteiger partial charge in [-0.2, -0.15) is 4.98 Å². The van der Waals surface area contributed by atoms with Crippen molar-refractivity contribution in [3.8, 4) is 34.3 Å². The number of phenols is 1. The van der Waals surface area contributed by atoms with E-state index in [1.54, 1.807) is 25.3 Å². The first-order valence-electron chi connectivity index (χ1n) is 6.14. The van der Waals surface area contributed by atoms with Crippen molar-refractivity contribution < 1.29 is 14.4 Å². The minimum Gasteiger partial charge on any atom is -0.507 e. The van der Waals surface area contributed by atoms with Gasteiger partial charge in [-0.05, 0) is 65.1 Å². The van der Waals surface area contributed by atoms with Crippen molar-refractivity contribution in [3.63, 3.8) is 0 Å². The number of hydrogen-bond acceptors (Lipinski definition) is 5. The van der Waals surface area contributed by atoms with Crippen LogP contribution in [-0.2, 0) is 0 Å². The highest BCUT2D eigenvalue weighted by atomic mass is 127. The predicted octanol–water partition coefficient (Wildman–Crippen LogP) is 3.72. The van der Waals surface area contributed by atoms with E-state index in [0.29, 0.717) is 11.4 Å². The number of benzene rings is 2. The van der Waals surface area contributed by atoms with Crippen molar-refractivity contribution in [1.82, 2.24) is 10.1 Å². The molecule has 0 fully saturated rings. The Morgan fingerprint density at radius 2 is 1.90 bits per heavy atom. The van der Waals surface area contributed by atoms with Crippen LogP contribution < -0.4 is 4.74 Å². The van der Waals surface area contributed by atoms with Crippen LogP contribution in [0.3, 0.4) is 0 Å². The predicted molar refractivity (Wildman–Crippen MR) is 86.1 cm³/mol. The highest BCUT2D eigenvalue weighted by Gasteiger charge is 2.14. The van der Waals surface area contributed by atoms with Crippen LogP contribution >= 0.6 is 22.6 Å². The molecule has 0 aliphatic heterocycles. The maximum Gasteiger partial charge on any atom is 0.262 e. The van der Waals surface area contributed by atoms with Crippen LogP contribution in [0.2, 0.25) is 0 Å². The molecule has 0 bridgehead atoms. The molecule has 0 amide bonds. The summed E-state index contributed by atoms with van der Waals surface area (Å²) in [5.74, 6) is 1.63. The summed E-state index contributed by atoms with van der Waals surface area (Å²) in [7, 11) is 1.61. The third-order valence-electron chi connectivity index (χ3n) is 2.96. The number of methoxy groups -OCH3 is 1. The van der Waals surface area contributed by atoms with E-state index < -0.39 is 0 Å². The normalized spacial score (nSPS) is 10.6. The van der Waals surface area contributed by atoms with Gasteiger partial charge in [0.2, 0.25) is 5.82 Å². The topological polar surface area (TPSA) is 68.4 Å². The molecule has 6 heteroatoms. The summed E-state index contributed by atoms with van der Waals surface area (Å²) >= 11 is 2.16. The zero-order valence-corrected chi connectivity index (χ0v) is 13.2. The second-order valence-corrected chi connectivity index (χ2v) is 5.56. The molecule has 0 unspecified atom stereocenters. The van der Waals surface area contributed by atoms with Gasteiger partial charge in [-0.1, -0.05) is 5.16 Å². The zero-order chi connectivity index (χ0) is 14.8. The molecule has 2 aromatic carbocycles. The number of phenolic OH excluding ortho intramolecular Hbond substituents is 1. The quantitative estimate of drug-likeness (QED) is 0.686. The fourth-order valence-corrected chi connectivity index (χ4v) is 2.36. The van der Waals surface area contributed by atoms with Gasteiger partial charge in [0.25, 0.3) is 5.89 Å². The van der Waals surface area contributed by atoms with Crippen molar-refractivity contribution in [3.05, 3.63) is 46.0 Å². The summed E-state index contributed by atoms with van der Waals surface area (Å²) < 4.78 is 11.3. The van der Waals surface area contributed by atoms with Gasteiger partial charge in [-0.15, -0.1) is 0 Å². The van der Waals surface area contributed by atoms with Crippen LogP contribution in [0.5, 0.6) is 11.5 Å². The molecule has 0 spiro atoms. The Kier molecular flexibility index (Phi) is 3.78. The third kappa shape index (κ3) is 2.85. The number of rotatable bonds is 3. The molecule has 3 rings (SSSR count). The average Bonchev–Trinajstić information content (AvgIpc) is 2.99. The molecule has 1 N–H and O–H groups in total. The van der Waals surface area contributed by atoms with Crippen molar-refractivity contribution >= 4 is 22.6 Å². The monoisotopic (exact) mass is 394 g/mol. The summed E-state index contributed by atoms with van der Waals surface area (Å²) in [5, 5.41) is 13.8. The summed E-state index contributed by atoms with van der Waals surface area (Å²) in [5.41, 5.74) is 1.34. The van der Waals surface area contributed by atoms with Gasteiger partial charge >= 0.3 is 0 Å². The van der Waals surface area contributed by atoms with Crippen molar-refractivity contribution in [2.45, 2.75) is 0 Å². The Labute approximate surface area is 134 Å². The van der Waals surface area contributed by atoms with Crippen LogP contribution in [0, 0.1) is 3.57 Å². The molecular weight excluding hydrogens is 383 g/mol. The fraction of sp³-hybridized carbons (Fsp3) is 0.0667. The number of hydrogen-bond donors (Lipinski definition) is 1. The lowest BCUT2D eigenvalue weighted by Crippen LogP contribution is -1.84. The van der Waals surface area contributed by atoms with E-state index in [0.717, 1.165) is 14.9 Å². The highest BCUT2D eigenvalue weighted by Crippen LogP contribution is 2.31. The van der Waals surface area contributed by atoms with E-state index in [2.05, 4.69) is 32.7 Å². The Bertz CT molecular complexity index is 769. The lowest BCUT2D eigenvalue weighted by Gasteiger charge is -2.00. The van der Waals surface area contributed by atoms with Gasteiger partial charge < -0.3 is 14.4 Å². The van der Waals surface area contributed by atoms with Crippen molar-refractivity contribution in [2.75, 3.05) is 7.11 Å². The van der Waals surface area contributed by atoms with Gasteiger partial charge in [-0.3, -0.25) is 0 Å². The average molecular weight is 394 g/mol. The molecule has 106 valence electrons. The molecular formula is C15H11IN2O3. The Morgan fingerprint density at radius 3 is 2.62 bits per heavy atom. The SMILES string of the molecule is COc1ccc(-c2noc(-c3cc(I)ccc3O)n2)cc1. The Morgan fingerprint density at radius 1 is 1.14 bits per heavy atom. The molecule has 3 aromatic rings. The minimum atomic E-state index is 0.111. The Hall–Kier alpha value is -2.09.